The van der Waals surface area contributed by atoms with Crippen LogP contribution in [0.4, 0.5) is 0 Å². The summed E-state index contributed by atoms with van der Waals surface area (Å²) in [7, 11) is 0. The molecule has 1 aliphatic carbocycles. The summed E-state index contributed by atoms with van der Waals surface area (Å²) in [6.07, 6.45) is 12.1. The Morgan fingerprint density at radius 1 is 0.837 bits per heavy atom. The van der Waals surface area contributed by atoms with E-state index in [4.69, 9.17) is 9.47 Å². The molecule has 2 aliphatic rings. The van der Waals surface area contributed by atoms with E-state index in [1.165, 1.54) is 77.0 Å². The Kier molecular flexibility index (Phi) is 20.2. The molecule has 0 aromatic rings. The number of hydrogen-bond donors (Lipinski definition) is 7. The Morgan fingerprint density at radius 2 is 1.42 bits per heavy atom. The molecule has 1 saturated carbocycles. The fourth-order valence-electron chi connectivity index (χ4n) is 6.35. The van der Waals surface area contributed by atoms with E-state index in [0.29, 0.717) is 18.8 Å². The Morgan fingerprint density at radius 3 is 2.00 bits per heavy atom. The first-order valence-corrected chi connectivity index (χ1v) is 17.4. The van der Waals surface area contributed by atoms with Crippen molar-refractivity contribution in [1.29, 1.82) is 0 Å². The lowest BCUT2D eigenvalue weighted by Crippen LogP contribution is -2.60. The first-order valence-electron chi connectivity index (χ1n) is 17.4. The number of unbranched alkanes of at least 4 members (excludes halogenated alkanes) is 11. The maximum atomic E-state index is 12.9. The van der Waals surface area contributed by atoms with Gasteiger partial charge in [0.15, 0.2) is 6.29 Å². The van der Waals surface area contributed by atoms with Crippen LogP contribution in [0.5, 0.6) is 0 Å². The van der Waals surface area contributed by atoms with Gasteiger partial charge in [0.05, 0.1) is 25.4 Å². The SMILES string of the molecule is CCCCCCCCCCCCCCC(O)C(O)C(COC1OC(CO)C(O)C(O)C1O)NC(=O)CCC1CCCCC1. The summed E-state index contributed by atoms with van der Waals surface area (Å²) in [5.41, 5.74) is 0. The van der Waals surface area contributed by atoms with Crippen molar-refractivity contribution in [3.8, 4) is 0 Å². The zero-order valence-electron chi connectivity index (χ0n) is 26.7. The second-order valence-corrected chi connectivity index (χ2v) is 13.0. The third kappa shape index (κ3) is 14.9. The van der Waals surface area contributed by atoms with Crippen LogP contribution in [0.3, 0.4) is 0 Å². The van der Waals surface area contributed by atoms with Crippen molar-refractivity contribution < 1.29 is 44.9 Å². The molecule has 0 aromatic carbocycles. The quantitative estimate of drug-likeness (QED) is 0.0849. The summed E-state index contributed by atoms with van der Waals surface area (Å²) in [5.74, 6) is 0.272. The van der Waals surface area contributed by atoms with Gasteiger partial charge in [0.2, 0.25) is 5.91 Å². The predicted octanol–water partition coefficient (Wildman–Crippen LogP) is 3.46. The van der Waals surface area contributed by atoms with Gasteiger partial charge in [-0.05, 0) is 18.8 Å². The summed E-state index contributed by atoms with van der Waals surface area (Å²) in [6, 6.07) is -0.974. The number of carbonyl (C=O) groups excluding carboxylic acids is 1. The maximum absolute atomic E-state index is 12.9. The lowest BCUT2D eigenvalue weighted by Gasteiger charge is -2.40. The molecule has 254 valence electrons. The fourth-order valence-corrected chi connectivity index (χ4v) is 6.35. The van der Waals surface area contributed by atoms with Crippen molar-refractivity contribution in [3.63, 3.8) is 0 Å². The van der Waals surface area contributed by atoms with Gasteiger partial charge in [-0.1, -0.05) is 116 Å². The molecule has 8 unspecified atom stereocenters. The highest BCUT2D eigenvalue weighted by atomic mass is 16.7. The van der Waals surface area contributed by atoms with Gasteiger partial charge in [-0.2, -0.15) is 0 Å². The molecule has 2 fully saturated rings. The molecule has 1 saturated heterocycles. The van der Waals surface area contributed by atoms with Crippen molar-refractivity contribution in [2.75, 3.05) is 13.2 Å². The second kappa shape index (κ2) is 22.6. The molecular weight excluding hydrogens is 554 g/mol. The Balaban J connectivity index is 1.80. The molecule has 0 aromatic heterocycles. The van der Waals surface area contributed by atoms with Crippen molar-refractivity contribution in [1.82, 2.24) is 5.32 Å². The number of aliphatic hydroxyl groups is 6. The van der Waals surface area contributed by atoms with Gasteiger partial charge in [-0.25, -0.2) is 0 Å². The lowest BCUT2D eigenvalue weighted by atomic mass is 9.86. The van der Waals surface area contributed by atoms with Crippen LogP contribution in [-0.2, 0) is 14.3 Å². The minimum atomic E-state index is -1.60. The van der Waals surface area contributed by atoms with E-state index in [0.717, 1.165) is 38.5 Å². The van der Waals surface area contributed by atoms with Gasteiger partial charge >= 0.3 is 0 Å². The smallest absolute Gasteiger partial charge is 0.220 e. The first-order chi connectivity index (χ1) is 20.8. The van der Waals surface area contributed by atoms with Crippen LogP contribution >= 0.6 is 0 Å². The third-order valence-corrected chi connectivity index (χ3v) is 9.30. The zero-order chi connectivity index (χ0) is 31.5. The van der Waals surface area contributed by atoms with Gasteiger partial charge in [-0.3, -0.25) is 4.79 Å². The minimum Gasteiger partial charge on any atom is -0.394 e. The summed E-state index contributed by atoms with van der Waals surface area (Å²) < 4.78 is 11.1. The van der Waals surface area contributed by atoms with Crippen LogP contribution < -0.4 is 5.32 Å². The number of hydrogen-bond acceptors (Lipinski definition) is 9. The van der Waals surface area contributed by atoms with E-state index in [1.807, 2.05) is 0 Å². The third-order valence-electron chi connectivity index (χ3n) is 9.30. The number of aliphatic hydroxyl groups excluding tert-OH is 6. The van der Waals surface area contributed by atoms with Gasteiger partial charge in [0.25, 0.3) is 0 Å². The average molecular weight is 618 g/mol. The van der Waals surface area contributed by atoms with Crippen LogP contribution in [0, 0.1) is 5.92 Å². The maximum Gasteiger partial charge on any atom is 0.220 e. The highest BCUT2D eigenvalue weighted by Gasteiger charge is 2.44. The monoisotopic (exact) mass is 617 g/mol. The minimum absolute atomic E-state index is 0.246. The second-order valence-electron chi connectivity index (χ2n) is 13.0. The van der Waals surface area contributed by atoms with Crippen LogP contribution in [0.25, 0.3) is 0 Å². The molecule has 0 spiro atoms. The topological polar surface area (TPSA) is 169 Å². The molecule has 43 heavy (non-hydrogen) atoms. The van der Waals surface area contributed by atoms with Crippen molar-refractivity contribution in [2.24, 2.45) is 5.92 Å². The van der Waals surface area contributed by atoms with E-state index in [-0.39, 0.29) is 12.5 Å². The normalized spacial score (nSPS) is 27.1. The molecule has 2 rings (SSSR count). The molecule has 10 nitrogen and oxygen atoms in total. The van der Waals surface area contributed by atoms with Crippen LogP contribution in [0.2, 0.25) is 0 Å². The average Bonchev–Trinajstić information content (AvgIpc) is 3.02. The Hall–Kier alpha value is -0.850. The molecule has 1 heterocycles. The molecule has 10 heteroatoms. The highest BCUT2D eigenvalue weighted by molar-refractivity contribution is 5.76. The van der Waals surface area contributed by atoms with E-state index < -0.39 is 55.6 Å². The molecular formula is C33H63NO9. The molecule has 8 atom stereocenters. The van der Waals surface area contributed by atoms with Gasteiger partial charge in [0.1, 0.15) is 30.5 Å². The van der Waals surface area contributed by atoms with Crippen molar-refractivity contribution in [3.05, 3.63) is 0 Å². The summed E-state index contributed by atoms with van der Waals surface area (Å²) in [4.78, 5) is 12.9. The van der Waals surface area contributed by atoms with Gasteiger partial charge in [0, 0.05) is 6.42 Å². The number of rotatable bonds is 23. The Bertz CT molecular complexity index is 706. The number of carbonyl (C=O) groups is 1. The van der Waals surface area contributed by atoms with Crippen LogP contribution in [0.1, 0.15) is 135 Å². The predicted molar refractivity (Wildman–Crippen MR) is 165 cm³/mol. The van der Waals surface area contributed by atoms with Crippen LogP contribution in [0.15, 0.2) is 0 Å². The first kappa shape index (κ1) is 38.3. The van der Waals surface area contributed by atoms with Crippen molar-refractivity contribution >= 4 is 5.91 Å². The van der Waals surface area contributed by atoms with E-state index in [1.54, 1.807) is 0 Å². The van der Waals surface area contributed by atoms with Crippen molar-refractivity contribution in [2.45, 2.75) is 184 Å². The lowest BCUT2D eigenvalue weighted by molar-refractivity contribution is -0.303. The summed E-state index contributed by atoms with van der Waals surface area (Å²) in [6.45, 7) is 1.35. The summed E-state index contributed by atoms with van der Waals surface area (Å²) >= 11 is 0. The Labute approximate surface area is 259 Å². The van der Waals surface area contributed by atoms with E-state index >= 15 is 0 Å². The van der Waals surface area contributed by atoms with Gasteiger partial charge in [-0.15, -0.1) is 0 Å². The number of ether oxygens (including phenoxy) is 2. The number of nitrogens with one attached hydrogen (secondary N) is 1. The summed E-state index contributed by atoms with van der Waals surface area (Å²) in [5, 5.41) is 64.5. The van der Waals surface area contributed by atoms with Crippen LogP contribution in [-0.4, -0.2) is 98.7 Å². The molecule has 1 aliphatic heterocycles. The molecule has 1 amide bonds. The highest BCUT2D eigenvalue weighted by Crippen LogP contribution is 2.27. The molecule has 0 bridgehead atoms. The van der Waals surface area contributed by atoms with E-state index in [2.05, 4.69) is 12.2 Å². The fraction of sp³-hybridized carbons (Fsp3) is 0.970. The van der Waals surface area contributed by atoms with E-state index in [9.17, 15) is 35.4 Å². The number of amides is 1. The standard InChI is InChI=1S/C33H63NO9/c1-2-3-4-5-6-7-8-9-10-11-12-16-19-26(36)29(38)25(34-28(37)21-20-24-17-14-13-15-18-24)23-42-33-32(41)31(40)30(39)27(22-35)43-33/h24-27,29-33,35-36,38-41H,2-23H2,1H3,(H,34,37). The van der Waals surface area contributed by atoms with Gasteiger partial charge < -0.3 is 45.4 Å². The largest absolute Gasteiger partial charge is 0.394 e. The molecule has 7 N–H and O–H groups in total. The molecule has 0 radical (unpaired) electrons. The zero-order valence-corrected chi connectivity index (χ0v) is 26.7.